The van der Waals surface area contributed by atoms with E-state index in [-0.39, 0.29) is 23.0 Å². The fourth-order valence-corrected chi connectivity index (χ4v) is 4.28. The van der Waals surface area contributed by atoms with Crippen molar-refractivity contribution >= 4 is 61.6 Å². The lowest BCUT2D eigenvalue weighted by Gasteiger charge is -2.18. The van der Waals surface area contributed by atoms with Gasteiger partial charge in [-0.2, -0.15) is 8.42 Å². The fourth-order valence-electron chi connectivity index (χ4n) is 2.31. The van der Waals surface area contributed by atoms with Gasteiger partial charge in [0.05, 0.1) is 11.8 Å². The maximum Gasteiger partial charge on any atom is 0.288 e. The predicted octanol–water partition coefficient (Wildman–Crippen LogP) is 2.31. The van der Waals surface area contributed by atoms with Crippen LogP contribution in [0.3, 0.4) is 0 Å². The summed E-state index contributed by atoms with van der Waals surface area (Å²) in [7, 11) is -3.97. The molecule has 0 aliphatic carbocycles. The number of amidine groups is 1. The quantitative estimate of drug-likeness (QED) is 0.553. The third-order valence-electron chi connectivity index (χ3n) is 3.61. The van der Waals surface area contributed by atoms with Gasteiger partial charge in [0.1, 0.15) is 4.90 Å². The number of carbonyl (C=O) groups excluding carboxylic acids is 1. The lowest BCUT2D eigenvalue weighted by molar-refractivity contribution is -0.115. The Morgan fingerprint density at radius 3 is 2.65 bits per heavy atom. The molecule has 3 rings (SSSR count). The molecule has 0 spiro atoms. The third-order valence-corrected chi connectivity index (χ3v) is 5.85. The molecule has 1 amide bonds. The van der Waals surface area contributed by atoms with E-state index in [0.717, 1.165) is 3.57 Å². The zero-order valence-electron chi connectivity index (χ0n) is 13.1. The molecule has 0 radical (unpaired) electrons. The van der Waals surface area contributed by atoms with Crippen LogP contribution in [0.25, 0.3) is 0 Å². The Hall–Kier alpha value is -1.69. The van der Waals surface area contributed by atoms with Crippen molar-refractivity contribution < 1.29 is 18.3 Å². The Bertz CT molecular complexity index is 993. The summed E-state index contributed by atoms with van der Waals surface area (Å²) < 4.78 is 28.8. The van der Waals surface area contributed by atoms with E-state index >= 15 is 0 Å². The standard InChI is InChI=1S/C16H13ClIN3O4S/c17-10-3-1-9(2-4-10)13(22)8-19-16(23)15-20-12-6-5-11(18)7-14(12)26(24,25)21-15/h1-7,13,22H,8H2,(H,19,23)(H,20,21). The zero-order valence-corrected chi connectivity index (χ0v) is 16.8. The Morgan fingerprint density at radius 2 is 1.96 bits per heavy atom. The number of sulfonamides is 1. The molecule has 3 N–H and O–H groups in total. The highest BCUT2D eigenvalue weighted by Crippen LogP contribution is 2.28. The molecule has 26 heavy (non-hydrogen) atoms. The second-order valence-corrected chi connectivity index (χ2v) is 8.71. The first kappa shape index (κ1) is 19.1. The number of aliphatic hydroxyl groups is 1. The van der Waals surface area contributed by atoms with Crippen LogP contribution in [0.5, 0.6) is 0 Å². The van der Waals surface area contributed by atoms with Crippen molar-refractivity contribution in [2.75, 3.05) is 11.9 Å². The van der Waals surface area contributed by atoms with E-state index in [1.807, 2.05) is 22.6 Å². The number of halogens is 2. The molecule has 0 aromatic heterocycles. The van der Waals surface area contributed by atoms with Gasteiger partial charge in [0.15, 0.2) is 0 Å². The molecule has 2 aromatic rings. The minimum Gasteiger partial charge on any atom is -0.387 e. The SMILES string of the molecule is O=C(NCC(O)c1ccc(Cl)cc1)C1=NS(=O)(=O)c2cc(I)ccc2N1. The molecule has 1 heterocycles. The summed E-state index contributed by atoms with van der Waals surface area (Å²) in [5.41, 5.74) is 0.851. The molecule has 7 nitrogen and oxygen atoms in total. The highest BCUT2D eigenvalue weighted by Gasteiger charge is 2.28. The van der Waals surface area contributed by atoms with E-state index in [0.29, 0.717) is 10.6 Å². The van der Waals surface area contributed by atoms with Gasteiger partial charge in [-0.1, -0.05) is 23.7 Å². The molecule has 1 unspecified atom stereocenters. The largest absolute Gasteiger partial charge is 0.387 e. The number of carbonyl (C=O) groups is 1. The van der Waals surface area contributed by atoms with E-state index < -0.39 is 22.0 Å². The Morgan fingerprint density at radius 1 is 1.27 bits per heavy atom. The number of nitrogens with one attached hydrogen (secondary N) is 2. The molecule has 1 aliphatic heterocycles. The molecule has 1 aliphatic rings. The maximum atomic E-state index is 12.3. The van der Waals surface area contributed by atoms with Gasteiger partial charge in [-0.05, 0) is 58.5 Å². The van der Waals surface area contributed by atoms with Crippen molar-refractivity contribution in [2.24, 2.45) is 4.40 Å². The predicted molar refractivity (Wildman–Crippen MR) is 107 cm³/mol. The Labute approximate surface area is 168 Å². The molecular weight excluding hydrogens is 493 g/mol. The number of aliphatic hydroxyl groups excluding tert-OH is 1. The number of hydrogen-bond donors (Lipinski definition) is 3. The van der Waals surface area contributed by atoms with Gasteiger partial charge >= 0.3 is 0 Å². The number of benzene rings is 2. The molecular formula is C16H13ClIN3O4S. The summed E-state index contributed by atoms with van der Waals surface area (Å²) >= 11 is 7.78. The highest BCUT2D eigenvalue weighted by atomic mass is 127. The van der Waals surface area contributed by atoms with Gasteiger partial charge in [0.25, 0.3) is 15.9 Å². The van der Waals surface area contributed by atoms with Crippen LogP contribution in [-0.4, -0.2) is 31.8 Å². The molecule has 10 heteroatoms. The third kappa shape index (κ3) is 4.17. The first-order valence-corrected chi connectivity index (χ1v) is 10.3. The fraction of sp³-hybridized carbons (Fsp3) is 0.125. The van der Waals surface area contributed by atoms with Crippen LogP contribution in [0.2, 0.25) is 5.02 Å². The minimum atomic E-state index is -3.97. The van der Waals surface area contributed by atoms with Gasteiger partial charge in [0, 0.05) is 15.1 Å². The van der Waals surface area contributed by atoms with Gasteiger partial charge in [-0.25, -0.2) is 0 Å². The molecule has 0 saturated heterocycles. The second-order valence-electron chi connectivity index (χ2n) is 5.46. The van der Waals surface area contributed by atoms with Gasteiger partial charge < -0.3 is 15.7 Å². The van der Waals surface area contributed by atoms with Crippen LogP contribution in [0, 0.1) is 3.57 Å². The second kappa shape index (κ2) is 7.51. The van der Waals surface area contributed by atoms with E-state index in [1.165, 1.54) is 6.07 Å². The summed E-state index contributed by atoms with van der Waals surface area (Å²) in [6.45, 7) is -0.110. The van der Waals surface area contributed by atoms with E-state index in [1.54, 1.807) is 36.4 Å². The number of nitrogens with zero attached hydrogens (tertiary/aromatic N) is 1. The zero-order chi connectivity index (χ0) is 18.9. The topological polar surface area (TPSA) is 108 Å². The minimum absolute atomic E-state index is 0.0159. The summed E-state index contributed by atoms with van der Waals surface area (Å²) in [4.78, 5) is 12.3. The summed E-state index contributed by atoms with van der Waals surface area (Å²) in [6.07, 6.45) is -0.967. The number of fused-ring (bicyclic) bond motifs is 1. The normalized spacial score (nSPS) is 16.0. The molecule has 0 bridgehead atoms. The van der Waals surface area contributed by atoms with Crippen molar-refractivity contribution in [1.29, 1.82) is 0 Å². The number of rotatable bonds is 4. The molecule has 1 atom stereocenters. The summed E-state index contributed by atoms with van der Waals surface area (Å²) in [5.74, 6) is -1.08. The lowest BCUT2D eigenvalue weighted by Crippen LogP contribution is -2.39. The van der Waals surface area contributed by atoms with Gasteiger partial charge in [0.2, 0.25) is 5.84 Å². The van der Waals surface area contributed by atoms with E-state index in [9.17, 15) is 18.3 Å². The van der Waals surface area contributed by atoms with Crippen LogP contribution < -0.4 is 10.6 Å². The van der Waals surface area contributed by atoms with E-state index in [4.69, 9.17) is 11.6 Å². The van der Waals surface area contributed by atoms with Crippen molar-refractivity contribution in [1.82, 2.24) is 5.32 Å². The summed E-state index contributed by atoms with van der Waals surface area (Å²) in [5, 5.41) is 15.8. The molecule has 0 fully saturated rings. The van der Waals surface area contributed by atoms with Gasteiger partial charge in [-0.3, -0.25) is 4.79 Å². The number of amides is 1. The van der Waals surface area contributed by atoms with Crippen LogP contribution in [0.4, 0.5) is 5.69 Å². The van der Waals surface area contributed by atoms with Crippen molar-refractivity contribution in [3.05, 3.63) is 56.6 Å². The average Bonchev–Trinajstić information content (AvgIpc) is 2.60. The summed E-state index contributed by atoms with van der Waals surface area (Å²) in [6, 6.07) is 11.3. The molecule has 2 aromatic carbocycles. The first-order valence-electron chi connectivity index (χ1n) is 7.39. The Balaban J connectivity index is 1.72. The maximum absolute atomic E-state index is 12.3. The lowest BCUT2D eigenvalue weighted by atomic mass is 10.1. The Kier molecular flexibility index (Phi) is 5.51. The van der Waals surface area contributed by atoms with Crippen LogP contribution in [-0.2, 0) is 14.8 Å². The van der Waals surface area contributed by atoms with Crippen molar-refractivity contribution in [2.45, 2.75) is 11.0 Å². The number of anilines is 1. The van der Waals surface area contributed by atoms with E-state index in [2.05, 4.69) is 15.0 Å². The van der Waals surface area contributed by atoms with Crippen LogP contribution in [0.1, 0.15) is 11.7 Å². The molecule has 136 valence electrons. The highest BCUT2D eigenvalue weighted by molar-refractivity contribution is 14.1. The average molecular weight is 506 g/mol. The first-order chi connectivity index (χ1) is 12.3. The smallest absolute Gasteiger partial charge is 0.288 e. The van der Waals surface area contributed by atoms with Crippen LogP contribution in [0.15, 0.2) is 51.8 Å². The molecule has 0 saturated carbocycles. The van der Waals surface area contributed by atoms with Gasteiger partial charge in [-0.15, -0.1) is 4.40 Å². The van der Waals surface area contributed by atoms with Crippen molar-refractivity contribution in [3.63, 3.8) is 0 Å². The van der Waals surface area contributed by atoms with Crippen molar-refractivity contribution in [3.8, 4) is 0 Å². The number of hydrogen-bond acceptors (Lipinski definition) is 5. The van der Waals surface area contributed by atoms with Crippen LogP contribution >= 0.6 is 34.2 Å². The monoisotopic (exact) mass is 505 g/mol.